The zero-order valence-corrected chi connectivity index (χ0v) is 12.5. The maximum absolute atomic E-state index is 11.8. The van der Waals surface area contributed by atoms with Gasteiger partial charge in [-0.2, -0.15) is 0 Å². The standard InChI is InChI=1S/C12H16BrNO3S/c1-18(16,17)7-6-11(14)12(15)8-9-4-2-3-5-10(9)13/h2-5,11H,6-8,14H2,1H3. The molecule has 1 aromatic rings. The summed E-state index contributed by atoms with van der Waals surface area (Å²) in [6.07, 6.45) is 1.52. The van der Waals surface area contributed by atoms with E-state index in [2.05, 4.69) is 15.9 Å². The summed E-state index contributed by atoms with van der Waals surface area (Å²) in [6.45, 7) is 0. The molecule has 0 saturated heterocycles. The molecule has 6 heteroatoms. The molecule has 1 unspecified atom stereocenters. The highest BCUT2D eigenvalue weighted by atomic mass is 79.9. The molecule has 1 atom stereocenters. The van der Waals surface area contributed by atoms with Gasteiger partial charge in [0.15, 0.2) is 5.78 Å². The second-order valence-electron chi connectivity index (χ2n) is 4.26. The van der Waals surface area contributed by atoms with Gasteiger partial charge in [0.1, 0.15) is 9.84 Å². The first kappa shape index (κ1) is 15.3. The first-order valence-corrected chi connectivity index (χ1v) is 8.34. The second-order valence-corrected chi connectivity index (χ2v) is 7.37. The zero-order chi connectivity index (χ0) is 13.8. The fourth-order valence-electron chi connectivity index (χ4n) is 1.46. The molecule has 0 aliphatic rings. The number of Topliss-reactive ketones (excluding diaryl/α,β-unsaturated/α-hetero) is 1. The zero-order valence-electron chi connectivity index (χ0n) is 10.1. The third-order valence-electron chi connectivity index (χ3n) is 2.54. The monoisotopic (exact) mass is 333 g/mol. The van der Waals surface area contributed by atoms with E-state index in [1.54, 1.807) is 0 Å². The summed E-state index contributed by atoms with van der Waals surface area (Å²) in [7, 11) is -3.08. The van der Waals surface area contributed by atoms with Crippen molar-refractivity contribution in [2.24, 2.45) is 5.73 Å². The van der Waals surface area contributed by atoms with Crippen LogP contribution in [0.15, 0.2) is 28.7 Å². The Hall–Kier alpha value is -0.720. The van der Waals surface area contributed by atoms with Gasteiger partial charge in [0.05, 0.1) is 11.8 Å². The van der Waals surface area contributed by atoms with E-state index in [4.69, 9.17) is 5.73 Å². The van der Waals surface area contributed by atoms with Crippen LogP contribution in [0.25, 0.3) is 0 Å². The molecule has 0 saturated carbocycles. The number of rotatable bonds is 6. The maximum atomic E-state index is 11.8. The van der Waals surface area contributed by atoms with Gasteiger partial charge in [0.25, 0.3) is 0 Å². The summed E-state index contributed by atoms with van der Waals surface area (Å²) in [5.41, 5.74) is 6.55. The first-order chi connectivity index (χ1) is 8.29. The average Bonchev–Trinajstić information content (AvgIpc) is 2.28. The Morgan fingerprint density at radius 2 is 2.00 bits per heavy atom. The van der Waals surface area contributed by atoms with Gasteiger partial charge in [0.2, 0.25) is 0 Å². The van der Waals surface area contributed by atoms with Crippen molar-refractivity contribution >= 4 is 31.6 Å². The molecule has 0 aliphatic heterocycles. The molecule has 4 nitrogen and oxygen atoms in total. The van der Waals surface area contributed by atoms with E-state index in [0.29, 0.717) is 0 Å². The van der Waals surface area contributed by atoms with Crippen LogP contribution in [0.5, 0.6) is 0 Å². The minimum atomic E-state index is -3.08. The van der Waals surface area contributed by atoms with Crippen molar-refractivity contribution in [3.05, 3.63) is 34.3 Å². The highest BCUT2D eigenvalue weighted by Gasteiger charge is 2.17. The fourth-order valence-corrected chi connectivity index (χ4v) is 2.57. The van der Waals surface area contributed by atoms with Crippen LogP contribution >= 0.6 is 15.9 Å². The Balaban J connectivity index is 2.58. The largest absolute Gasteiger partial charge is 0.321 e. The predicted molar refractivity (Wildman–Crippen MR) is 75.2 cm³/mol. The summed E-state index contributed by atoms with van der Waals surface area (Å²) < 4.78 is 22.8. The van der Waals surface area contributed by atoms with Crippen molar-refractivity contribution in [2.45, 2.75) is 18.9 Å². The highest BCUT2D eigenvalue weighted by Crippen LogP contribution is 2.17. The third-order valence-corrected chi connectivity index (χ3v) is 4.29. The van der Waals surface area contributed by atoms with Gasteiger partial charge in [-0.3, -0.25) is 4.79 Å². The number of benzene rings is 1. The molecule has 1 aromatic carbocycles. The van der Waals surface area contributed by atoms with E-state index < -0.39 is 15.9 Å². The van der Waals surface area contributed by atoms with Crippen molar-refractivity contribution in [3.8, 4) is 0 Å². The Morgan fingerprint density at radius 1 is 1.39 bits per heavy atom. The maximum Gasteiger partial charge on any atom is 0.153 e. The number of carbonyl (C=O) groups is 1. The number of hydrogen-bond donors (Lipinski definition) is 1. The minimum absolute atomic E-state index is 0.0597. The summed E-state index contributed by atoms with van der Waals surface area (Å²) in [4.78, 5) is 11.8. The topological polar surface area (TPSA) is 77.2 Å². The smallest absolute Gasteiger partial charge is 0.153 e. The number of ketones is 1. The molecule has 100 valence electrons. The Kier molecular flexibility index (Phi) is 5.49. The van der Waals surface area contributed by atoms with Crippen LogP contribution in [0.1, 0.15) is 12.0 Å². The second kappa shape index (κ2) is 6.45. The lowest BCUT2D eigenvalue weighted by atomic mass is 10.0. The van der Waals surface area contributed by atoms with E-state index in [-0.39, 0.29) is 24.4 Å². The fraction of sp³-hybridized carbons (Fsp3) is 0.417. The van der Waals surface area contributed by atoms with Crippen molar-refractivity contribution < 1.29 is 13.2 Å². The van der Waals surface area contributed by atoms with Crippen LogP contribution in [-0.4, -0.2) is 32.3 Å². The molecule has 2 N–H and O–H groups in total. The Bertz CT molecular complexity index is 528. The summed E-state index contributed by atoms with van der Waals surface area (Å²) >= 11 is 3.36. The summed E-state index contributed by atoms with van der Waals surface area (Å²) in [5.74, 6) is -0.207. The lowest BCUT2D eigenvalue weighted by Crippen LogP contribution is -2.33. The highest BCUT2D eigenvalue weighted by molar-refractivity contribution is 9.10. The quantitative estimate of drug-likeness (QED) is 0.851. The lowest BCUT2D eigenvalue weighted by molar-refractivity contribution is -0.119. The molecule has 18 heavy (non-hydrogen) atoms. The molecule has 0 fully saturated rings. The van der Waals surface area contributed by atoms with Gasteiger partial charge in [-0.1, -0.05) is 34.1 Å². The van der Waals surface area contributed by atoms with Crippen LogP contribution in [0.3, 0.4) is 0 Å². The van der Waals surface area contributed by atoms with Crippen LogP contribution in [0.4, 0.5) is 0 Å². The van der Waals surface area contributed by atoms with E-state index in [0.717, 1.165) is 16.3 Å². The molecular formula is C12H16BrNO3S. The van der Waals surface area contributed by atoms with E-state index in [1.807, 2.05) is 24.3 Å². The summed E-state index contributed by atoms with van der Waals surface area (Å²) in [5, 5.41) is 0. The van der Waals surface area contributed by atoms with Gasteiger partial charge < -0.3 is 5.73 Å². The van der Waals surface area contributed by atoms with E-state index in [1.165, 1.54) is 0 Å². The molecule has 0 amide bonds. The molecule has 0 radical (unpaired) electrons. The predicted octanol–water partition coefficient (Wildman–Crippen LogP) is 1.32. The number of nitrogens with two attached hydrogens (primary N) is 1. The van der Waals surface area contributed by atoms with Gasteiger partial charge in [-0.05, 0) is 18.1 Å². The van der Waals surface area contributed by atoms with Crippen molar-refractivity contribution in [3.63, 3.8) is 0 Å². The number of halogens is 1. The van der Waals surface area contributed by atoms with Gasteiger partial charge in [-0.15, -0.1) is 0 Å². The Morgan fingerprint density at radius 3 is 2.56 bits per heavy atom. The lowest BCUT2D eigenvalue weighted by Gasteiger charge is -2.10. The van der Waals surface area contributed by atoms with Crippen LogP contribution < -0.4 is 5.73 Å². The van der Waals surface area contributed by atoms with Gasteiger partial charge in [0, 0.05) is 17.1 Å². The van der Waals surface area contributed by atoms with Crippen LogP contribution in [0, 0.1) is 0 Å². The molecule has 0 bridgehead atoms. The van der Waals surface area contributed by atoms with E-state index in [9.17, 15) is 13.2 Å². The SMILES string of the molecule is CS(=O)(=O)CCC(N)C(=O)Cc1ccccc1Br. The average molecular weight is 334 g/mol. The van der Waals surface area contributed by atoms with Crippen molar-refractivity contribution in [1.29, 1.82) is 0 Å². The number of sulfone groups is 1. The molecule has 0 spiro atoms. The summed E-state index contributed by atoms with van der Waals surface area (Å²) in [6, 6.07) is 6.67. The molecule has 0 aromatic heterocycles. The normalized spacial score (nSPS) is 13.3. The Labute approximate surface area is 116 Å². The number of carbonyl (C=O) groups excluding carboxylic acids is 1. The molecule has 0 heterocycles. The molecule has 0 aliphatic carbocycles. The minimum Gasteiger partial charge on any atom is -0.321 e. The molecule has 1 rings (SSSR count). The van der Waals surface area contributed by atoms with Gasteiger partial charge in [-0.25, -0.2) is 8.42 Å². The third kappa shape index (κ3) is 5.29. The van der Waals surface area contributed by atoms with E-state index >= 15 is 0 Å². The van der Waals surface area contributed by atoms with Crippen molar-refractivity contribution in [2.75, 3.05) is 12.0 Å². The van der Waals surface area contributed by atoms with Crippen molar-refractivity contribution in [1.82, 2.24) is 0 Å². The van der Waals surface area contributed by atoms with Crippen LogP contribution in [0.2, 0.25) is 0 Å². The van der Waals surface area contributed by atoms with Gasteiger partial charge >= 0.3 is 0 Å². The van der Waals surface area contributed by atoms with Crippen LogP contribution in [-0.2, 0) is 21.1 Å². The molecular weight excluding hydrogens is 318 g/mol. The number of hydrogen-bond acceptors (Lipinski definition) is 4. The first-order valence-electron chi connectivity index (χ1n) is 5.49.